The molecule has 4 nitrogen and oxygen atoms in total. The molecule has 92 valence electrons. The van der Waals surface area contributed by atoms with E-state index in [1.54, 1.807) is 6.07 Å². The Morgan fingerprint density at radius 2 is 2.11 bits per heavy atom. The molecular formula is C12H8BrFN2O2. The monoisotopic (exact) mass is 310 g/mol. The maximum Gasteiger partial charge on any atom is 0.268 e. The summed E-state index contributed by atoms with van der Waals surface area (Å²) in [5.74, 6) is -1.08. The highest BCUT2D eigenvalue weighted by Gasteiger charge is 2.12. The van der Waals surface area contributed by atoms with E-state index in [9.17, 15) is 14.0 Å². The molecule has 18 heavy (non-hydrogen) atoms. The Kier molecular flexibility index (Phi) is 3.66. The minimum atomic E-state index is -0.599. The standard InChI is InChI=1S/C12H8BrFN2O2/c13-9-5-15-7-16(12(9)18)6-11(17)8-3-1-2-4-10(8)14/h1-5,7H,6H2. The van der Waals surface area contributed by atoms with Gasteiger partial charge in [-0.25, -0.2) is 9.37 Å². The van der Waals surface area contributed by atoms with Crippen molar-refractivity contribution >= 4 is 21.7 Å². The Morgan fingerprint density at radius 1 is 1.39 bits per heavy atom. The molecule has 0 saturated heterocycles. The highest BCUT2D eigenvalue weighted by Crippen LogP contribution is 2.08. The van der Waals surface area contributed by atoms with E-state index in [0.29, 0.717) is 0 Å². The van der Waals surface area contributed by atoms with Gasteiger partial charge in [-0.15, -0.1) is 0 Å². The molecule has 0 N–H and O–H groups in total. The molecule has 0 aliphatic rings. The van der Waals surface area contributed by atoms with Gasteiger partial charge in [0, 0.05) is 6.20 Å². The SMILES string of the molecule is O=C(Cn1cncc(Br)c1=O)c1ccccc1F. The number of rotatable bonds is 3. The summed E-state index contributed by atoms with van der Waals surface area (Å²) in [6.07, 6.45) is 2.58. The fourth-order valence-corrected chi connectivity index (χ4v) is 1.81. The number of aromatic nitrogens is 2. The Morgan fingerprint density at radius 3 is 2.83 bits per heavy atom. The number of nitrogens with zero attached hydrogens (tertiary/aromatic N) is 2. The number of Topliss-reactive ketones (excluding diaryl/α,β-unsaturated/α-hetero) is 1. The van der Waals surface area contributed by atoms with Gasteiger partial charge in [0.15, 0.2) is 5.78 Å². The van der Waals surface area contributed by atoms with Gasteiger partial charge in [0.25, 0.3) is 5.56 Å². The molecule has 0 unspecified atom stereocenters. The highest BCUT2D eigenvalue weighted by molar-refractivity contribution is 9.10. The van der Waals surface area contributed by atoms with Crippen LogP contribution in [0.1, 0.15) is 10.4 Å². The maximum atomic E-state index is 13.4. The number of halogens is 2. The van der Waals surface area contributed by atoms with Crippen LogP contribution in [0.5, 0.6) is 0 Å². The van der Waals surface area contributed by atoms with E-state index in [-0.39, 0.29) is 22.1 Å². The Balaban J connectivity index is 2.30. The fourth-order valence-electron chi connectivity index (χ4n) is 1.46. The fraction of sp³-hybridized carbons (Fsp3) is 0.0833. The quantitative estimate of drug-likeness (QED) is 0.815. The predicted octanol–water partition coefficient (Wildman–Crippen LogP) is 2.03. The molecular weight excluding hydrogens is 303 g/mol. The highest BCUT2D eigenvalue weighted by atomic mass is 79.9. The first kappa shape index (κ1) is 12.6. The van der Waals surface area contributed by atoms with Crippen molar-refractivity contribution in [2.45, 2.75) is 6.54 Å². The molecule has 0 saturated carbocycles. The van der Waals surface area contributed by atoms with E-state index in [0.717, 1.165) is 4.57 Å². The average Bonchev–Trinajstić information content (AvgIpc) is 2.35. The van der Waals surface area contributed by atoms with Crippen molar-refractivity contribution in [3.8, 4) is 0 Å². The first-order valence-electron chi connectivity index (χ1n) is 5.07. The molecule has 1 aromatic carbocycles. The van der Waals surface area contributed by atoms with E-state index in [2.05, 4.69) is 20.9 Å². The van der Waals surface area contributed by atoms with E-state index < -0.39 is 11.6 Å². The second-order valence-corrected chi connectivity index (χ2v) is 4.43. The summed E-state index contributed by atoms with van der Waals surface area (Å²) < 4.78 is 14.8. The number of hydrogen-bond acceptors (Lipinski definition) is 3. The van der Waals surface area contributed by atoms with Gasteiger partial charge < -0.3 is 0 Å². The van der Waals surface area contributed by atoms with Crippen molar-refractivity contribution in [2.75, 3.05) is 0 Å². The van der Waals surface area contributed by atoms with Gasteiger partial charge in [-0.1, -0.05) is 12.1 Å². The van der Waals surface area contributed by atoms with Crippen molar-refractivity contribution in [3.63, 3.8) is 0 Å². The molecule has 0 amide bonds. The second-order valence-electron chi connectivity index (χ2n) is 3.58. The van der Waals surface area contributed by atoms with Crippen molar-refractivity contribution in [1.82, 2.24) is 9.55 Å². The lowest BCUT2D eigenvalue weighted by molar-refractivity contribution is 0.0966. The third-order valence-corrected chi connectivity index (χ3v) is 2.89. The summed E-state index contributed by atoms with van der Waals surface area (Å²) in [6.45, 7) is -0.244. The minimum Gasteiger partial charge on any atom is -0.292 e. The zero-order chi connectivity index (χ0) is 13.1. The largest absolute Gasteiger partial charge is 0.292 e. The smallest absolute Gasteiger partial charge is 0.268 e. The molecule has 0 bridgehead atoms. The molecule has 0 aliphatic heterocycles. The van der Waals surface area contributed by atoms with Gasteiger partial charge in [0.2, 0.25) is 0 Å². The van der Waals surface area contributed by atoms with Crippen LogP contribution in [-0.4, -0.2) is 15.3 Å². The van der Waals surface area contributed by atoms with Crippen LogP contribution in [-0.2, 0) is 6.54 Å². The van der Waals surface area contributed by atoms with Crippen LogP contribution in [0.15, 0.2) is 46.1 Å². The van der Waals surface area contributed by atoms with Crippen LogP contribution in [0, 0.1) is 5.82 Å². The molecule has 0 radical (unpaired) electrons. The number of carbonyl (C=O) groups is 1. The number of hydrogen-bond donors (Lipinski definition) is 0. The zero-order valence-corrected chi connectivity index (χ0v) is 10.7. The third kappa shape index (κ3) is 2.53. The zero-order valence-electron chi connectivity index (χ0n) is 9.14. The molecule has 2 aromatic rings. The summed E-state index contributed by atoms with van der Waals surface area (Å²) >= 11 is 3.03. The predicted molar refractivity (Wildman–Crippen MR) is 66.9 cm³/mol. The molecule has 0 aliphatic carbocycles. The summed E-state index contributed by atoms with van der Waals surface area (Å²) in [5.41, 5.74) is -0.418. The molecule has 0 spiro atoms. The minimum absolute atomic E-state index is 0.0376. The number of ketones is 1. The van der Waals surface area contributed by atoms with E-state index >= 15 is 0 Å². The first-order chi connectivity index (χ1) is 8.59. The Labute approximate surface area is 110 Å². The van der Waals surface area contributed by atoms with Crippen LogP contribution >= 0.6 is 15.9 Å². The number of benzene rings is 1. The lowest BCUT2D eigenvalue weighted by Crippen LogP contribution is -2.25. The summed E-state index contributed by atoms with van der Waals surface area (Å²) in [5, 5.41) is 0. The lowest BCUT2D eigenvalue weighted by Gasteiger charge is -2.05. The van der Waals surface area contributed by atoms with E-state index in [1.807, 2.05) is 0 Å². The second kappa shape index (κ2) is 5.22. The van der Waals surface area contributed by atoms with Crippen LogP contribution in [0.4, 0.5) is 4.39 Å². The van der Waals surface area contributed by atoms with E-state index in [4.69, 9.17) is 0 Å². The Bertz CT molecular complexity index is 655. The average molecular weight is 311 g/mol. The summed E-state index contributed by atoms with van der Waals surface area (Å²) in [4.78, 5) is 27.3. The van der Waals surface area contributed by atoms with Crippen molar-refractivity contribution in [3.05, 3.63) is 63.0 Å². The summed E-state index contributed by atoms with van der Waals surface area (Å²) in [6, 6.07) is 5.65. The van der Waals surface area contributed by atoms with Crippen LogP contribution in [0.3, 0.4) is 0 Å². The van der Waals surface area contributed by atoms with Crippen LogP contribution in [0.2, 0.25) is 0 Å². The van der Waals surface area contributed by atoms with Gasteiger partial charge in [-0.2, -0.15) is 0 Å². The van der Waals surface area contributed by atoms with Gasteiger partial charge in [-0.3, -0.25) is 14.2 Å². The Hall–Kier alpha value is -1.82. The molecule has 0 atom stereocenters. The van der Waals surface area contributed by atoms with Gasteiger partial charge in [-0.05, 0) is 28.1 Å². The normalized spacial score (nSPS) is 10.3. The molecule has 1 aromatic heterocycles. The lowest BCUT2D eigenvalue weighted by atomic mass is 10.1. The van der Waals surface area contributed by atoms with Crippen molar-refractivity contribution in [2.24, 2.45) is 0 Å². The maximum absolute atomic E-state index is 13.4. The molecule has 2 rings (SSSR count). The molecule has 6 heteroatoms. The number of carbonyl (C=O) groups excluding carboxylic acids is 1. The van der Waals surface area contributed by atoms with Gasteiger partial charge in [0.05, 0.1) is 18.4 Å². The van der Waals surface area contributed by atoms with Crippen molar-refractivity contribution < 1.29 is 9.18 Å². The molecule has 0 fully saturated rings. The third-order valence-electron chi connectivity index (χ3n) is 2.35. The van der Waals surface area contributed by atoms with Crippen molar-refractivity contribution in [1.29, 1.82) is 0 Å². The van der Waals surface area contributed by atoms with Gasteiger partial charge >= 0.3 is 0 Å². The first-order valence-corrected chi connectivity index (χ1v) is 5.86. The summed E-state index contributed by atoms with van der Waals surface area (Å²) in [7, 11) is 0. The topological polar surface area (TPSA) is 52.0 Å². The van der Waals surface area contributed by atoms with Crippen LogP contribution in [0.25, 0.3) is 0 Å². The van der Waals surface area contributed by atoms with E-state index in [1.165, 1.54) is 30.7 Å². The van der Waals surface area contributed by atoms with Gasteiger partial charge in [0.1, 0.15) is 10.3 Å². The van der Waals surface area contributed by atoms with Crippen LogP contribution < -0.4 is 5.56 Å². The molecule has 1 heterocycles.